The van der Waals surface area contributed by atoms with E-state index in [0.29, 0.717) is 5.69 Å². The van der Waals surface area contributed by atoms with Crippen molar-refractivity contribution < 1.29 is 22.3 Å². The molecule has 0 aliphatic rings. The Morgan fingerprint density at radius 2 is 1.92 bits per heavy atom. The molecule has 0 aromatic heterocycles. The molecule has 0 saturated carbocycles. The molecule has 0 heterocycles. The number of benzene rings is 2. The van der Waals surface area contributed by atoms with E-state index in [-0.39, 0.29) is 28.7 Å². The highest BCUT2D eigenvalue weighted by Crippen LogP contribution is 2.27. The summed E-state index contributed by atoms with van der Waals surface area (Å²) in [5, 5.41) is 2.54. The number of rotatable bonds is 6. The van der Waals surface area contributed by atoms with Crippen LogP contribution in [0.2, 0.25) is 0 Å². The fourth-order valence-corrected chi connectivity index (χ4v) is 3.05. The minimum atomic E-state index is -3.86. The number of amides is 1. The number of ether oxygens (including phenoxy) is 1. The molecule has 0 atom stereocenters. The van der Waals surface area contributed by atoms with Gasteiger partial charge in [-0.05, 0) is 18.2 Å². The van der Waals surface area contributed by atoms with Crippen molar-refractivity contribution in [3.05, 3.63) is 53.8 Å². The van der Waals surface area contributed by atoms with Crippen molar-refractivity contribution in [3.63, 3.8) is 0 Å². The second-order valence-corrected chi connectivity index (χ2v) is 6.73. The van der Waals surface area contributed by atoms with E-state index in [1.165, 1.54) is 50.4 Å². The van der Waals surface area contributed by atoms with E-state index in [9.17, 15) is 17.6 Å². The number of nitrogens with one attached hydrogen (secondary N) is 2. The Kier molecular flexibility index (Phi) is 5.53. The van der Waals surface area contributed by atoms with Crippen LogP contribution in [0, 0.1) is 5.82 Å². The SMILES string of the molecule is COc1cc(S(=O)(=O)NCc2ccccc2F)ccc1NC(C)=O. The predicted molar refractivity (Wildman–Crippen MR) is 87.7 cm³/mol. The Bertz CT molecular complexity index is 853. The molecule has 6 nitrogen and oxygen atoms in total. The van der Waals surface area contributed by atoms with Gasteiger partial charge in [0.05, 0.1) is 17.7 Å². The van der Waals surface area contributed by atoms with Crippen molar-refractivity contribution in [1.82, 2.24) is 4.72 Å². The van der Waals surface area contributed by atoms with Gasteiger partial charge in [-0.15, -0.1) is 0 Å². The zero-order valence-electron chi connectivity index (χ0n) is 13.2. The lowest BCUT2D eigenvalue weighted by Gasteiger charge is -2.12. The molecule has 0 aliphatic carbocycles. The molecule has 0 bridgehead atoms. The van der Waals surface area contributed by atoms with E-state index in [1.807, 2.05) is 0 Å². The van der Waals surface area contributed by atoms with Crippen LogP contribution in [-0.2, 0) is 21.4 Å². The van der Waals surface area contributed by atoms with Gasteiger partial charge in [0.15, 0.2) is 0 Å². The van der Waals surface area contributed by atoms with E-state index in [2.05, 4.69) is 10.0 Å². The van der Waals surface area contributed by atoms with Crippen molar-refractivity contribution in [2.45, 2.75) is 18.4 Å². The lowest BCUT2D eigenvalue weighted by molar-refractivity contribution is -0.114. The summed E-state index contributed by atoms with van der Waals surface area (Å²) in [6.45, 7) is 1.16. The zero-order valence-corrected chi connectivity index (χ0v) is 14.0. The van der Waals surface area contributed by atoms with E-state index in [0.717, 1.165) is 0 Å². The summed E-state index contributed by atoms with van der Waals surface area (Å²) in [5.41, 5.74) is 0.598. The third-order valence-electron chi connectivity index (χ3n) is 3.20. The molecular formula is C16H17FN2O4S. The average molecular weight is 352 g/mol. The van der Waals surface area contributed by atoms with Gasteiger partial charge in [0.25, 0.3) is 0 Å². The first kappa shape index (κ1) is 17.9. The highest BCUT2D eigenvalue weighted by Gasteiger charge is 2.17. The van der Waals surface area contributed by atoms with Gasteiger partial charge in [0.2, 0.25) is 15.9 Å². The number of anilines is 1. The molecule has 0 fully saturated rings. The number of halogens is 1. The number of carbonyl (C=O) groups is 1. The fraction of sp³-hybridized carbons (Fsp3) is 0.188. The van der Waals surface area contributed by atoms with Crippen molar-refractivity contribution in [1.29, 1.82) is 0 Å². The molecule has 0 radical (unpaired) electrons. The van der Waals surface area contributed by atoms with Gasteiger partial charge in [0.1, 0.15) is 11.6 Å². The van der Waals surface area contributed by atoms with Crippen LogP contribution in [0.3, 0.4) is 0 Å². The normalized spacial score (nSPS) is 11.1. The standard InChI is InChI=1S/C16H17FN2O4S/c1-11(20)19-15-8-7-13(9-16(15)23-2)24(21,22)18-10-12-5-3-4-6-14(12)17/h3-9,18H,10H2,1-2H3,(H,19,20). The lowest BCUT2D eigenvalue weighted by Crippen LogP contribution is -2.23. The van der Waals surface area contributed by atoms with Crippen LogP contribution in [0.1, 0.15) is 12.5 Å². The Balaban J connectivity index is 2.22. The summed E-state index contributed by atoms with van der Waals surface area (Å²) in [5.74, 6) is -0.584. The zero-order chi connectivity index (χ0) is 17.7. The van der Waals surface area contributed by atoms with Crippen LogP contribution in [-0.4, -0.2) is 21.4 Å². The van der Waals surface area contributed by atoms with Crippen LogP contribution in [0.25, 0.3) is 0 Å². The summed E-state index contributed by atoms with van der Waals surface area (Å²) in [6.07, 6.45) is 0. The number of carbonyl (C=O) groups excluding carboxylic acids is 1. The molecule has 2 N–H and O–H groups in total. The smallest absolute Gasteiger partial charge is 0.241 e. The molecule has 24 heavy (non-hydrogen) atoms. The molecule has 2 aromatic carbocycles. The van der Waals surface area contributed by atoms with Crippen molar-refractivity contribution in [2.75, 3.05) is 12.4 Å². The third kappa shape index (κ3) is 4.30. The number of methoxy groups -OCH3 is 1. The average Bonchev–Trinajstić information content (AvgIpc) is 2.54. The molecule has 0 unspecified atom stereocenters. The van der Waals surface area contributed by atoms with E-state index < -0.39 is 15.8 Å². The second-order valence-electron chi connectivity index (χ2n) is 4.96. The molecule has 2 rings (SSSR count). The van der Waals surface area contributed by atoms with Gasteiger partial charge in [-0.25, -0.2) is 17.5 Å². The highest BCUT2D eigenvalue weighted by molar-refractivity contribution is 7.89. The lowest BCUT2D eigenvalue weighted by atomic mass is 10.2. The first-order valence-electron chi connectivity index (χ1n) is 7.02. The van der Waals surface area contributed by atoms with Crippen molar-refractivity contribution >= 4 is 21.6 Å². The van der Waals surface area contributed by atoms with Crippen molar-refractivity contribution in [2.24, 2.45) is 0 Å². The number of hydrogen-bond donors (Lipinski definition) is 2. The molecule has 0 saturated heterocycles. The van der Waals surface area contributed by atoms with E-state index in [4.69, 9.17) is 4.74 Å². The Morgan fingerprint density at radius 1 is 1.21 bits per heavy atom. The minimum Gasteiger partial charge on any atom is -0.495 e. The predicted octanol–water partition coefficient (Wildman–Crippen LogP) is 2.27. The Labute approximate surface area is 139 Å². The fourth-order valence-electron chi connectivity index (χ4n) is 2.03. The maximum absolute atomic E-state index is 13.6. The highest BCUT2D eigenvalue weighted by atomic mass is 32.2. The topological polar surface area (TPSA) is 84.5 Å². The molecular weight excluding hydrogens is 335 g/mol. The van der Waals surface area contributed by atoms with Gasteiger partial charge < -0.3 is 10.1 Å². The van der Waals surface area contributed by atoms with Gasteiger partial charge in [-0.1, -0.05) is 18.2 Å². The van der Waals surface area contributed by atoms with Crippen LogP contribution in [0.5, 0.6) is 5.75 Å². The Hall–Kier alpha value is -2.45. The maximum Gasteiger partial charge on any atom is 0.241 e. The third-order valence-corrected chi connectivity index (χ3v) is 4.60. The second kappa shape index (κ2) is 7.41. The monoisotopic (exact) mass is 352 g/mol. The van der Waals surface area contributed by atoms with Gasteiger partial charge in [-0.3, -0.25) is 4.79 Å². The molecule has 8 heteroatoms. The summed E-state index contributed by atoms with van der Waals surface area (Å²) in [7, 11) is -2.50. The Morgan fingerprint density at radius 3 is 2.54 bits per heavy atom. The van der Waals surface area contributed by atoms with E-state index >= 15 is 0 Å². The summed E-state index contributed by atoms with van der Waals surface area (Å²) < 4.78 is 45.7. The van der Waals surface area contributed by atoms with Gasteiger partial charge >= 0.3 is 0 Å². The maximum atomic E-state index is 13.6. The molecule has 0 aliphatic heterocycles. The molecule has 0 spiro atoms. The largest absolute Gasteiger partial charge is 0.495 e. The minimum absolute atomic E-state index is 0.0511. The first-order chi connectivity index (χ1) is 11.3. The molecule has 128 valence electrons. The summed E-state index contributed by atoms with van der Waals surface area (Å²) in [4.78, 5) is 11.1. The number of sulfonamides is 1. The van der Waals surface area contributed by atoms with Crippen LogP contribution in [0.4, 0.5) is 10.1 Å². The molecule has 2 aromatic rings. The van der Waals surface area contributed by atoms with Crippen LogP contribution >= 0.6 is 0 Å². The van der Waals surface area contributed by atoms with Crippen LogP contribution < -0.4 is 14.8 Å². The number of hydrogen-bond acceptors (Lipinski definition) is 4. The first-order valence-corrected chi connectivity index (χ1v) is 8.50. The quantitative estimate of drug-likeness (QED) is 0.835. The summed E-state index contributed by atoms with van der Waals surface area (Å²) >= 11 is 0. The van der Waals surface area contributed by atoms with Gasteiger partial charge in [-0.2, -0.15) is 0 Å². The van der Waals surface area contributed by atoms with Gasteiger partial charge in [0, 0.05) is 25.1 Å². The summed E-state index contributed by atoms with van der Waals surface area (Å²) in [6, 6.07) is 9.95. The molecule has 1 amide bonds. The van der Waals surface area contributed by atoms with Crippen molar-refractivity contribution in [3.8, 4) is 5.75 Å². The van der Waals surface area contributed by atoms with E-state index in [1.54, 1.807) is 6.07 Å². The van der Waals surface area contributed by atoms with Crippen LogP contribution in [0.15, 0.2) is 47.4 Å².